The van der Waals surface area contributed by atoms with Crippen LogP contribution in [0.3, 0.4) is 0 Å². The Labute approximate surface area is 139 Å². The highest BCUT2D eigenvalue weighted by Gasteiger charge is 2.23. The van der Waals surface area contributed by atoms with Crippen LogP contribution in [0.4, 0.5) is 5.82 Å². The molecule has 0 radical (unpaired) electrons. The normalized spacial score (nSPS) is 14.6. The highest BCUT2D eigenvalue weighted by Crippen LogP contribution is 2.19. The molecule has 3 rings (SSSR count). The van der Waals surface area contributed by atoms with E-state index in [0.717, 1.165) is 25.3 Å². The third-order valence-electron chi connectivity index (χ3n) is 4.00. The van der Waals surface area contributed by atoms with Crippen LogP contribution in [-0.4, -0.2) is 42.0 Å². The fraction of sp³-hybridized carbons (Fsp3) is 0.353. The molecule has 5 nitrogen and oxygen atoms in total. The highest BCUT2D eigenvalue weighted by atomic mass is 32.1. The molecule has 1 aliphatic rings. The Hall–Kier alpha value is -2.39. The van der Waals surface area contributed by atoms with Crippen molar-refractivity contribution >= 4 is 23.1 Å². The van der Waals surface area contributed by atoms with Gasteiger partial charge in [0, 0.05) is 43.7 Å². The van der Waals surface area contributed by atoms with Gasteiger partial charge < -0.3 is 9.80 Å². The number of aromatic nitrogens is 1. The summed E-state index contributed by atoms with van der Waals surface area (Å²) in [5.41, 5.74) is 0.588. The third-order valence-corrected chi connectivity index (χ3v) is 4.94. The summed E-state index contributed by atoms with van der Waals surface area (Å²) < 4.78 is 0. The molecule has 0 bridgehead atoms. The van der Waals surface area contributed by atoms with Gasteiger partial charge in [-0.2, -0.15) is 5.26 Å². The number of nitrogens with zero attached hydrogens (tertiary/aromatic N) is 4. The zero-order chi connectivity index (χ0) is 16.1. The predicted octanol–water partition coefficient (Wildman–Crippen LogP) is 2.30. The molecule has 1 amide bonds. The van der Waals surface area contributed by atoms with Gasteiger partial charge in [-0.05, 0) is 30.0 Å². The third kappa shape index (κ3) is 3.69. The number of thiophene rings is 1. The van der Waals surface area contributed by atoms with E-state index in [-0.39, 0.29) is 5.91 Å². The summed E-state index contributed by atoms with van der Waals surface area (Å²) in [6.07, 6.45) is 3.08. The average molecular weight is 326 g/mol. The van der Waals surface area contributed by atoms with Gasteiger partial charge in [-0.25, -0.2) is 4.98 Å². The molecule has 0 aromatic carbocycles. The van der Waals surface area contributed by atoms with Crippen LogP contribution in [-0.2, 0) is 11.2 Å². The van der Waals surface area contributed by atoms with Crippen molar-refractivity contribution in [2.24, 2.45) is 0 Å². The molecule has 6 heteroatoms. The molecular formula is C17H18N4OS. The molecule has 2 aromatic heterocycles. The van der Waals surface area contributed by atoms with Crippen molar-refractivity contribution < 1.29 is 4.79 Å². The molecule has 1 aliphatic heterocycles. The summed E-state index contributed by atoms with van der Waals surface area (Å²) in [7, 11) is 0. The molecule has 118 valence electrons. The second kappa shape index (κ2) is 7.25. The first kappa shape index (κ1) is 15.5. The van der Waals surface area contributed by atoms with Gasteiger partial charge in [-0.1, -0.05) is 6.07 Å². The Bertz CT molecular complexity index is 700. The van der Waals surface area contributed by atoms with Crippen molar-refractivity contribution in [3.63, 3.8) is 0 Å². The number of piperazine rings is 1. The summed E-state index contributed by atoms with van der Waals surface area (Å²) in [4.78, 5) is 21.9. The molecule has 0 saturated carbocycles. The van der Waals surface area contributed by atoms with Crippen LogP contribution in [0.15, 0.2) is 35.8 Å². The number of nitriles is 1. The zero-order valence-electron chi connectivity index (χ0n) is 12.8. The number of amides is 1. The Morgan fingerprint density at radius 1 is 1.26 bits per heavy atom. The molecule has 1 saturated heterocycles. The number of pyridine rings is 1. The van der Waals surface area contributed by atoms with E-state index in [1.54, 1.807) is 29.7 Å². The van der Waals surface area contributed by atoms with E-state index in [2.05, 4.69) is 22.0 Å². The van der Waals surface area contributed by atoms with Crippen LogP contribution in [0.1, 0.15) is 16.9 Å². The molecule has 23 heavy (non-hydrogen) atoms. The van der Waals surface area contributed by atoms with E-state index >= 15 is 0 Å². The van der Waals surface area contributed by atoms with E-state index in [1.165, 1.54) is 4.88 Å². The van der Waals surface area contributed by atoms with Crippen molar-refractivity contribution in [1.82, 2.24) is 9.88 Å². The topological polar surface area (TPSA) is 60.2 Å². The minimum atomic E-state index is 0.208. The maximum atomic E-state index is 12.3. The molecule has 0 unspecified atom stereocenters. The van der Waals surface area contributed by atoms with Gasteiger partial charge in [0.2, 0.25) is 5.91 Å². The maximum absolute atomic E-state index is 12.3. The van der Waals surface area contributed by atoms with Gasteiger partial charge in [0.1, 0.15) is 11.9 Å². The average Bonchev–Trinajstić information content (AvgIpc) is 3.13. The Morgan fingerprint density at radius 2 is 2.09 bits per heavy atom. The molecule has 0 N–H and O–H groups in total. The van der Waals surface area contributed by atoms with Crippen molar-refractivity contribution in [2.75, 3.05) is 31.1 Å². The maximum Gasteiger partial charge on any atom is 0.223 e. The van der Waals surface area contributed by atoms with E-state index in [0.29, 0.717) is 25.1 Å². The summed E-state index contributed by atoms with van der Waals surface area (Å²) in [6, 6.07) is 9.81. The number of carbonyl (C=O) groups is 1. The smallest absolute Gasteiger partial charge is 0.223 e. The second-order valence-corrected chi connectivity index (χ2v) is 6.47. The molecule has 0 spiro atoms. The monoisotopic (exact) mass is 326 g/mol. The summed E-state index contributed by atoms with van der Waals surface area (Å²) >= 11 is 1.70. The Morgan fingerprint density at radius 3 is 2.78 bits per heavy atom. The number of carbonyl (C=O) groups excluding carboxylic acids is 1. The van der Waals surface area contributed by atoms with E-state index in [9.17, 15) is 4.79 Å². The zero-order valence-corrected chi connectivity index (χ0v) is 13.6. The number of rotatable bonds is 4. The van der Waals surface area contributed by atoms with Gasteiger partial charge in [0.05, 0.1) is 5.56 Å². The van der Waals surface area contributed by atoms with Crippen molar-refractivity contribution in [3.8, 4) is 6.07 Å². The molecular weight excluding hydrogens is 308 g/mol. The summed E-state index contributed by atoms with van der Waals surface area (Å²) in [6.45, 7) is 2.81. The molecule has 0 aliphatic carbocycles. The molecule has 1 fully saturated rings. The number of hydrogen-bond acceptors (Lipinski definition) is 5. The lowest BCUT2D eigenvalue weighted by molar-refractivity contribution is -0.131. The Balaban J connectivity index is 1.54. The first-order valence-corrected chi connectivity index (χ1v) is 8.56. The fourth-order valence-electron chi connectivity index (χ4n) is 2.75. The van der Waals surface area contributed by atoms with E-state index in [4.69, 9.17) is 5.26 Å². The van der Waals surface area contributed by atoms with Crippen LogP contribution in [0.5, 0.6) is 0 Å². The van der Waals surface area contributed by atoms with E-state index in [1.807, 2.05) is 16.3 Å². The fourth-order valence-corrected chi connectivity index (χ4v) is 3.46. The van der Waals surface area contributed by atoms with Crippen LogP contribution in [0.2, 0.25) is 0 Å². The van der Waals surface area contributed by atoms with Gasteiger partial charge in [-0.15, -0.1) is 11.3 Å². The van der Waals surface area contributed by atoms with Gasteiger partial charge in [0.15, 0.2) is 0 Å². The van der Waals surface area contributed by atoms with Crippen LogP contribution < -0.4 is 4.90 Å². The Kier molecular flexibility index (Phi) is 4.89. The van der Waals surface area contributed by atoms with Crippen LogP contribution >= 0.6 is 11.3 Å². The lowest BCUT2D eigenvalue weighted by Gasteiger charge is -2.35. The van der Waals surface area contributed by atoms with Crippen molar-refractivity contribution in [2.45, 2.75) is 12.8 Å². The lowest BCUT2D eigenvalue weighted by atomic mass is 10.2. The largest absolute Gasteiger partial charge is 0.352 e. The van der Waals surface area contributed by atoms with Crippen molar-refractivity contribution in [3.05, 3.63) is 46.3 Å². The standard InChI is InChI=1S/C17H18N4OS/c18-13-14-3-1-7-19-17(14)21-10-8-20(9-11-21)16(22)6-5-15-4-2-12-23-15/h1-4,7,12H,5-6,8-11H2. The van der Waals surface area contributed by atoms with E-state index < -0.39 is 0 Å². The van der Waals surface area contributed by atoms with Crippen LogP contribution in [0.25, 0.3) is 0 Å². The first-order chi connectivity index (χ1) is 11.3. The van der Waals surface area contributed by atoms with Gasteiger partial charge in [0.25, 0.3) is 0 Å². The summed E-state index contributed by atoms with van der Waals surface area (Å²) in [5.74, 6) is 0.931. The predicted molar refractivity (Wildman–Crippen MR) is 90.4 cm³/mol. The summed E-state index contributed by atoms with van der Waals surface area (Å²) in [5, 5.41) is 11.2. The van der Waals surface area contributed by atoms with Crippen molar-refractivity contribution in [1.29, 1.82) is 5.26 Å². The van der Waals surface area contributed by atoms with Crippen LogP contribution in [0, 0.1) is 11.3 Å². The van der Waals surface area contributed by atoms with Gasteiger partial charge in [-0.3, -0.25) is 4.79 Å². The minimum Gasteiger partial charge on any atom is -0.352 e. The lowest BCUT2D eigenvalue weighted by Crippen LogP contribution is -2.49. The minimum absolute atomic E-state index is 0.208. The first-order valence-electron chi connectivity index (χ1n) is 7.68. The SMILES string of the molecule is N#Cc1cccnc1N1CCN(C(=O)CCc2cccs2)CC1. The number of hydrogen-bond donors (Lipinski definition) is 0. The molecule has 0 atom stereocenters. The molecule has 3 heterocycles. The second-order valence-electron chi connectivity index (χ2n) is 5.43. The quantitative estimate of drug-likeness (QED) is 0.865. The van der Waals surface area contributed by atoms with Gasteiger partial charge >= 0.3 is 0 Å². The number of aryl methyl sites for hydroxylation is 1. The number of anilines is 1. The molecule has 2 aromatic rings. The highest BCUT2D eigenvalue weighted by molar-refractivity contribution is 7.09.